The molecule has 2 heterocycles. The number of aromatic nitrogens is 1. The fourth-order valence-electron chi connectivity index (χ4n) is 8.18. The lowest BCUT2D eigenvalue weighted by atomic mass is 9.80. The monoisotopic (exact) mass is 601 g/mol. The van der Waals surface area contributed by atoms with Crippen LogP contribution in [0.1, 0.15) is 25.0 Å². The molecule has 0 amide bonds. The van der Waals surface area contributed by atoms with Gasteiger partial charge >= 0.3 is 0 Å². The lowest BCUT2D eigenvalue weighted by Crippen LogP contribution is -2.15. The standard InChI is InChI=1S/C45H31NO/c1-45(2)38-21-17-30(25-35(38)33-20-24-42-43(44(33)45)34-15-9-10-16-41(34)47-42)31-19-23-40-37(27-31)36-26-29(28-11-5-3-6-12-28)18-22-39(36)46(40)32-13-7-4-8-14-32/h3-27H,1-2H3. The smallest absolute Gasteiger partial charge is 0.135 e. The summed E-state index contributed by atoms with van der Waals surface area (Å²) in [6.45, 7) is 4.71. The lowest BCUT2D eigenvalue weighted by molar-refractivity contribution is 0.657. The molecule has 9 aromatic rings. The van der Waals surface area contributed by atoms with Gasteiger partial charge in [-0.1, -0.05) is 111 Å². The van der Waals surface area contributed by atoms with Gasteiger partial charge in [0.1, 0.15) is 11.2 Å². The number of para-hydroxylation sites is 2. The van der Waals surface area contributed by atoms with E-state index in [9.17, 15) is 0 Å². The fraction of sp³-hybridized carbons (Fsp3) is 0.0667. The number of benzene rings is 7. The molecule has 0 saturated carbocycles. The van der Waals surface area contributed by atoms with Crippen LogP contribution in [-0.4, -0.2) is 4.57 Å². The minimum absolute atomic E-state index is 0.143. The molecule has 1 aliphatic carbocycles. The van der Waals surface area contributed by atoms with Crippen LogP contribution < -0.4 is 0 Å². The van der Waals surface area contributed by atoms with Crippen molar-refractivity contribution in [3.8, 4) is 39.1 Å². The summed E-state index contributed by atoms with van der Waals surface area (Å²) in [6, 6.07) is 55.1. The van der Waals surface area contributed by atoms with Gasteiger partial charge in [-0.25, -0.2) is 0 Å². The number of furan rings is 1. The van der Waals surface area contributed by atoms with E-state index in [1.165, 1.54) is 82.8 Å². The van der Waals surface area contributed by atoms with Crippen molar-refractivity contribution in [1.29, 1.82) is 0 Å². The molecule has 0 unspecified atom stereocenters. The van der Waals surface area contributed by atoms with Gasteiger partial charge in [-0.2, -0.15) is 0 Å². The minimum Gasteiger partial charge on any atom is -0.456 e. The van der Waals surface area contributed by atoms with E-state index in [0.717, 1.165) is 11.2 Å². The highest BCUT2D eigenvalue weighted by Gasteiger charge is 2.38. The molecule has 47 heavy (non-hydrogen) atoms. The first kappa shape index (κ1) is 26.4. The maximum absolute atomic E-state index is 6.31. The van der Waals surface area contributed by atoms with Crippen LogP contribution in [0, 0.1) is 0 Å². The van der Waals surface area contributed by atoms with Crippen molar-refractivity contribution >= 4 is 43.7 Å². The molecule has 1 aliphatic rings. The highest BCUT2D eigenvalue weighted by molar-refractivity contribution is 6.13. The van der Waals surface area contributed by atoms with Crippen LogP contribution in [0.3, 0.4) is 0 Å². The van der Waals surface area contributed by atoms with Crippen molar-refractivity contribution in [3.05, 3.63) is 163 Å². The second kappa shape index (κ2) is 9.57. The van der Waals surface area contributed by atoms with E-state index in [4.69, 9.17) is 4.42 Å². The third kappa shape index (κ3) is 3.73. The molecule has 0 radical (unpaired) electrons. The average Bonchev–Trinajstić information content (AvgIpc) is 3.73. The summed E-state index contributed by atoms with van der Waals surface area (Å²) in [5, 5.41) is 4.95. The molecule has 0 fully saturated rings. The minimum atomic E-state index is -0.143. The highest BCUT2D eigenvalue weighted by Crippen LogP contribution is 2.53. The van der Waals surface area contributed by atoms with Crippen molar-refractivity contribution in [2.75, 3.05) is 0 Å². The van der Waals surface area contributed by atoms with E-state index in [1.54, 1.807) is 0 Å². The molecule has 10 rings (SSSR count). The van der Waals surface area contributed by atoms with Crippen molar-refractivity contribution in [1.82, 2.24) is 4.57 Å². The van der Waals surface area contributed by atoms with Gasteiger partial charge in [-0.15, -0.1) is 0 Å². The van der Waals surface area contributed by atoms with Gasteiger partial charge in [0.05, 0.1) is 11.0 Å². The molecule has 2 aromatic heterocycles. The number of rotatable bonds is 3. The summed E-state index contributed by atoms with van der Waals surface area (Å²) >= 11 is 0. The number of fused-ring (bicyclic) bond motifs is 10. The second-order valence-electron chi connectivity index (χ2n) is 13.3. The summed E-state index contributed by atoms with van der Waals surface area (Å²) in [4.78, 5) is 0. The first-order chi connectivity index (χ1) is 23.1. The van der Waals surface area contributed by atoms with Gasteiger partial charge in [0, 0.05) is 32.6 Å². The SMILES string of the molecule is CC1(C)c2ccc(-c3ccc4c(c3)c3cc(-c5ccccc5)ccc3n4-c3ccccc3)cc2-c2ccc3oc4ccccc4c3c21. The van der Waals surface area contributed by atoms with Crippen molar-refractivity contribution < 1.29 is 4.42 Å². The summed E-state index contributed by atoms with van der Waals surface area (Å²) in [5.41, 5.74) is 15.6. The van der Waals surface area contributed by atoms with E-state index in [-0.39, 0.29) is 5.41 Å². The molecule has 0 bridgehead atoms. The Morgan fingerprint density at radius 2 is 1.09 bits per heavy atom. The zero-order valence-electron chi connectivity index (χ0n) is 26.3. The molecule has 7 aromatic carbocycles. The van der Waals surface area contributed by atoms with E-state index in [2.05, 4.69) is 164 Å². The van der Waals surface area contributed by atoms with Crippen LogP contribution in [0.2, 0.25) is 0 Å². The summed E-state index contributed by atoms with van der Waals surface area (Å²) < 4.78 is 8.70. The molecular weight excluding hydrogens is 571 g/mol. The maximum atomic E-state index is 6.31. The number of hydrogen-bond acceptors (Lipinski definition) is 1. The Kier molecular flexibility index (Phi) is 5.37. The Bertz CT molecular complexity index is 2690. The lowest BCUT2D eigenvalue weighted by Gasteiger charge is -2.22. The summed E-state index contributed by atoms with van der Waals surface area (Å²) in [7, 11) is 0. The van der Waals surface area contributed by atoms with Crippen LogP contribution in [-0.2, 0) is 5.41 Å². The maximum Gasteiger partial charge on any atom is 0.135 e. The molecule has 222 valence electrons. The third-order valence-electron chi connectivity index (χ3n) is 10.4. The molecule has 0 atom stereocenters. The highest BCUT2D eigenvalue weighted by atomic mass is 16.3. The zero-order valence-corrected chi connectivity index (χ0v) is 26.3. The Morgan fingerprint density at radius 3 is 1.83 bits per heavy atom. The van der Waals surface area contributed by atoms with Crippen LogP contribution in [0.4, 0.5) is 0 Å². The Balaban J connectivity index is 1.19. The van der Waals surface area contributed by atoms with Gasteiger partial charge in [-0.3, -0.25) is 0 Å². The Morgan fingerprint density at radius 1 is 0.468 bits per heavy atom. The van der Waals surface area contributed by atoms with Crippen molar-refractivity contribution in [3.63, 3.8) is 0 Å². The van der Waals surface area contributed by atoms with Gasteiger partial charge in [0.25, 0.3) is 0 Å². The first-order valence-electron chi connectivity index (χ1n) is 16.4. The molecule has 0 saturated heterocycles. The molecule has 2 nitrogen and oxygen atoms in total. The van der Waals surface area contributed by atoms with Crippen molar-refractivity contribution in [2.45, 2.75) is 19.3 Å². The first-order valence-corrected chi connectivity index (χ1v) is 16.4. The van der Waals surface area contributed by atoms with Crippen LogP contribution in [0.15, 0.2) is 156 Å². The average molecular weight is 602 g/mol. The normalized spacial score (nSPS) is 13.5. The van der Waals surface area contributed by atoms with E-state index in [1.807, 2.05) is 6.07 Å². The second-order valence-corrected chi connectivity index (χ2v) is 13.3. The molecule has 0 spiro atoms. The topological polar surface area (TPSA) is 18.1 Å². The largest absolute Gasteiger partial charge is 0.456 e. The van der Waals surface area contributed by atoms with E-state index < -0.39 is 0 Å². The third-order valence-corrected chi connectivity index (χ3v) is 10.4. The predicted octanol–water partition coefficient (Wildman–Crippen LogP) is 12.3. The van der Waals surface area contributed by atoms with Crippen LogP contribution >= 0.6 is 0 Å². The zero-order chi connectivity index (χ0) is 31.3. The van der Waals surface area contributed by atoms with E-state index >= 15 is 0 Å². The van der Waals surface area contributed by atoms with Crippen molar-refractivity contribution in [2.24, 2.45) is 0 Å². The van der Waals surface area contributed by atoms with Gasteiger partial charge in [-0.05, 0) is 99.1 Å². The summed E-state index contributed by atoms with van der Waals surface area (Å²) in [6.07, 6.45) is 0. The predicted molar refractivity (Wildman–Crippen MR) is 196 cm³/mol. The number of nitrogens with zero attached hydrogens (tertiary/aromatic N) is 1. The molecule has 2 heteroatoms. The Hall–Kier alpha value is -5.86. The van der Waals surface area contributed by atoms with Gasteiger partial charge < -0.3 is 8.98 Å². The van der Waals surface area contributed by atoms with E-state index in [0.29, 0.717) is 0 Å². The number of hydrogen-bond donors (Lipinski definition) is 0. The molecular formula is C45H31NO. The fourth-order valence-corrected chi connectivity index (χ4v) is 8.18. The summed E-state index contributed by atoms with van der Waals surface area (Å²) in [5.74, 6) is 0. The van der Waals surface area contributed by atoms with Gasteiger partial charge in [0.15, 0.2) is 0 Å². The Labute approximate surface area is 273 Å². The molecule has 0 N–H and O–H groups in total. The molecule has 0 aliphatic heterocycles. The van der Waals surface area contributed by atoms with Gasteiger partial charge in [0.2, 0.25) is 0 Å². The van der Waals surface area contributed by atoms with Crippen LogP contribution in [0.5, 0.6) is 0 Å². The van der Waals surface area contributed by atoms with Crippen LogP contribution in [0.25, 0.3) is 82.8 Å². The quantitative estimate of drug-likeness (QED) is 0.197.